The van der Waals surface area contributed by atoms with E-state index in [2.05, 4.69) is 25.6 Å². The van der Waals surface area contributed by atoms with Crippen LogP contribution in [0.4, 0.5) is 0 Å². The zero-order valence-electron chi connectivity index (χ0n) is 19.6. The smallest absolute Gasteiger partial charge is 0.255 e. The summed E-state index contributed by atoms with van der Waals surface area (Å²) in [7, 11) is -3.67. The molecule has 1 N–H and O–H groups in total. The quantitative estimate of drug-likeness (QED) is 0.378. The maximum absolute atomic E-state index is 13.4. The summed E-state index contributed by atoms with van der Waals surface area (Å²) in [5, 5.41) is 1.35. The fourth-order valence-electron chi connectivity index (χ4n) is 4.37. The van der Waals surface area contributed by atoms with Crippen LogP contribution in [0.3, 0.4) is 0 Å². The highest BCUT2D eigenvalue weighted by atomic mass is 79.9. The Morgan fingerprint density at radius 1 is 0.917 bits per heavy atom. The van der Waals surface area contributed by atoms with Gasteiger partial charge >= 0.3 is 0 Å². The minimum atomic E-state index is -3.67. The molecular formula is C26H26BrCl2N3O3S. The zero-order chi connectivity index (χ0) is 25.9. The average molecular weight is 611 g/mol. The lowest BCUT2D eigenvalue weighted by Gasteiger charge is -2.40. The molecule has 3 aromatic rings. The van der Waals surface area contributed by atoms with E-state index in [0.717, 1.165) is 11.1 Å². The molecule has 6 nitrogen and oxygen atoms in total. The SMILES string of the molecule is CCNS(=O)(=O)c1ccc(Br)c(C(=O)N2CCN(C(c3ccc(Cl)cc3)c3ccc(Cl)cc3)CC2)c1. The largest absolute Gasteiger partial charge is 0.336 e. The Labute approximate surface area is 230 Å². The number of hydrogen-bond acceptors (Lipinski definition) is 4. The van der Waals surface area contributed by atoms with Crippen LogP contribution >= 0.6 is 39.1 Å². The Hall–Kier alpha value is -1.94. The van der Waals surface area contributed by atoms with Crippen LogP contribution in [-0.2, 0) is 10.0 Å². The molecule has 0 aromatic heterocycles. The van der Waals surface area contributed by atoms with Gasteiger partial charge in [0.2, 0.25) is 10.0 Å². The number of piperazine rings is 1. The van der Waals surface area contributed by atoms with Crippen molar-refractivity contribution in [2.24, 2.45) is 0 Å². The summed E-state index contributed by atoms with van der Waals surface area (Å²) in [6.45, 7) is 4.29. The summed E-state index contributed by atoms with van der Waals surface area (Å²) in [5.41, 5.74) is 2.53. The van der Waals surface area contributed by atoms with Gasteiger partial charge in [-0.2, -0.15) is 0 Å². The van der Waals surface area contributed by atoms with Gasteiger partial charge in [0.25, 0.3) is 5.91 Å². The van der Waals surface area contributed by atoms with E-state index in [0.29, 0.717) is 46.3 Å². The molecule has 0 atom stereocenters. The van der Waals surface area contributed by atoms with Crippen molar-refractivity contribution >= 4 is 55.1 Å². The van der Waals surface area contributed by atoms with Crippen molar-refractivity contribution in [3.05, 3.63) is 97.9 Å². The Morgan fingerprint density at radius 2 is 1.44 bits per heavy atom. The molecule has 10 heteroatoms. The van der Waals surface area contributed by atoms with Gasteiger partial charge in [0.15, 0.2) is 0 Å². The van der Waals surface area contributed by atoms with Gasteiger partial charge in [0.05, 0.1) is 16.5 Å². The average Bonchev–Trinajstić information content (AvgIpc) is 2.86. The first-order valence-corrected chi connectivity index (χ1v) is 14.6. The first-order valence-electron chi connectivity index (χ1n) is 11.5. The van der Waals surface area contributed by atoms with Crippen LogP contribution in [0, 0.1) is 0 Å². The van der Waals surface area contributed by atoms with Crippen LogP contribution in [0.25, 0.3) is 0 Å². The zero-order valence-corrected chi connectivity index (χ0v) is 23.5. The summed E-state index contributed by atoms with van der Waals surface area (Å²) >= 11 is 15.7. The number of sulfonamides is 1. The molecule has 1 aliphatic heterocycles. The van der Waals surface area contributed by atoms with Crippen molar-refractivity contribution in [2.45, 2.75) is 17.9 Å². The summed E-state index contributed by atoms with van der Waals surface area (Å²) in [4.78, 5) is 17.5. The van der Waals surface area contributed by atoms with E-state index in [1.807, 2.05) is 48.5 Å². The number of carbonyl (C=O) groups is 1. The molecule has 0 aliphatic carbocycles. The van der Waals surface area contributed by atoms with Gasteiger partial charge in [0.1, 0.15) is 0 Å². The van der Waals surface area contributed by atoms with E-state index in [1.165, 1.54) is 12.1 Å². The monoisotopic (exact) mass is 609 g/mol. The van der Waals surface area contributed by atoms with E-state index in [-0.39, 0.29) is 23.4 Å². The Balaban J connectivity index is 1.54. The predicted octanol–water partition coefficient (Wildman–Crippen LogP) is 5.60. The second-order valence-corrected chi connectivity index (χ2v) is 12.0. The lowest BCUT2D eigenvalue weighted by molar-refractivity contribution is 0.0596. The van der Waals surface area contributed by atoms with Gasteiger partial charge in [0, 0.05) is 47.2 Å². The summed E-state index contributed by atoms with van der Waals surface area (Å²) in [5.74, 6) is -0.204. The molecule has 3 aromatic carbocycles. The summed E-state index contributed by atoms with van der Waals surface area (Å²) in [6.07, 6.45) is 0. The fourth-order valence-corrected chi connectivity index (χ4v) is 6.10. The van der Waals surface area contributed by atoms with Crippen LogP contribution in [0.2, 0.25) is 10.0 Å². The standard InChI is InChI=1S/C26H26BrCl2N3O3S/c1-2-30-36(34,35)22-11-12-24(27)23(17-22)26(33)32-15-13-31(14-16-32)25(18-3-7-20(28)8-4-18)19-5-9-21(29)10-6-19/h3-12,17,25,30H,2,13-16H2,1H3. The lowest BCUT2D eigenvalue weighted by Crippen LogP contribution is -2.50. The van der Waals surface area contributed by atoms with Crippen molar-refractivity contribution < 1.29 is 13.2 Å². The minimum absolute atomic E-state index is 0.0166. The predicted molar refractivity (Wildman–Crippen MR) is 147 cm³/mol. The first-order chi connectivity index (χ1) is 17.2. The number of rotatable bonds is 7. The van der Waals surface area contributed by atoms with E-state index in [1.54, 1.807) is 17.9 Å². The van der Waals surface area contributed by atoms with Crippen molar-refractivity contribution in [1.29, 1.82) is 0 Å². The van der Waals surface area contributed by atoms with E-state index >= 15 is 0 Å². The number of nitrogens with zero attached hydrogens (tertiary/aromatic N) is 2. The van der Waals surface area contributed by atoms with Gasteiger partial charge in [-0.3, -0.25) is 9.69 Å². The highest BCUT2D eigenvalue weighted by Crippen LogP contribution is 2.32. The molecule has 1 aliphatic rings. The van der Waals surface area contributed by atoms with Gasteiger partial charge in [-0.25, -0.2) is 13.1 Å². The first kappa shape index (κ1) is 27.1. The normalized spacial score (nSPS) is 14.9. The molecule has 1 saturated heterocycles. The highest BCUT2D eigenvalue weighted by molar-refractivity contribution is 9.10. The van der Waals surface area contributed by atoms with Crippen LogP contribution in [0.15, 0.2) is 76.1 Å². The summed E-state index contributed by atoms with van der Waals surface area (Å²) < 4.78 is 27.9. The Kier molecular flexibility index (Phi) is 8.75. The third-order valence-corrected chi connectivity index (χ3v) is 8.89. The number of amides is 1. The maximum Gasteiger partial charge on any atom is 0.255 e. The summed E-state index contributed by atoms with van der Waals surface area (Å²) in [6, 6.07) is 20.1. The Bertz CT molecular complexity index is 1280. The molecule has 190 valence electrons. The number of nitrogens with one attached hydrogen (secondary N) is 1. The fraction of sp³-hybridized carbons (Fsp3) is 0.269. The van der Waals surface area contributed by atoms with Crippen molar-refractivity contribution in [2.75, 3.05) is 32.7 Å². The van der Waals surface area contributed by atoms with Gasteiger partial charge in [-0.15, -0.1) is 0 Å². The molecule has 0 unspecified atom stereocenters. The van der Waals surface area contributed by atoms with Crippen molar-refractivity contribution in [3.63, 3.8) is 0 Å². The number of benzene rings is 3. The molecule has 1 fully saturated rings. The topological polar surface area (TPSA) is 69.7 Å². The van der Waals surface area contributed by atoms with Crippen LogP contribution in [-0.4, -0.2) is 56.8 Å². The molecule has 4 rings (SSSR count). The molecule has 1 amide bonds. The molecule has 0 saturated carbocycles. The second kappa shape index (κ2) is 11.6. The van der Waals surface area contributed by atoms with E-state index < -0.39 is 10.0 Å². The molecule has 0 radical (unpaired) electrons. The highest BCUT2D eigenvalue weighted by Gasteiger charge is 2.30. The van der Waals surface area contributed by atoms with E-state index in [9.17, 15) is 13.2 Å². The second-order valence-electron chi connectivity index (χ2n) is 8.48. The van der Waals surface area contributed by atoms with Crippen LogP contribution < -0.4 is 4.72 Å². The Morgan fingerprint density at radius 3 is 1.94 bits per heavy atom. The third-order valence-electron chi connectivity index (χ3n) is 6.15. The third kappa shape index (κ3) is 6.13. The van der Waals surface area contributed by atoms with Crippen molar-refractivity contribution in [1.82, 2.24) is 14.5 Å². The van der Waals surface area contributed by atoms with Gasteiger partial charge in [-0.05, 0) is 69.5 Å². The van der Waals surface area contributed by atoms with E-state index in [4.69, 9.17) is 23.2 Å². The number of hydrogen-bond donors (Lipinski definition) is 1. The molecule has 0 spiro atoms. The number of carbonyl (C=O) groups excluding carboxylic acids is 1. The molecular weight excluding hydrogens is 585 g/mol. The molecule has 0 bridgehead atoms. The van der Waals surface area contributed by atoms with Crippen molar-refractivity contribution in [3.8, 4) is 0 Å². The lowest BCUT2D eigenvalue weighted by atomic mass is 9.96. The van der Waals surface area contributed by atoms with Crippen LogP contribution in [0.5, 0.6) is 0 Å². The molecule has 1 heterocycles. The van der Waals surface area contributed by atoms with Gasteiger partial charge in [-0.1, -0.05) is 54.4 Å². The maximum atomic E-state index is 13.4. The van der Waals surface area contributed by atoms with Gasteiger partial charge < -0.3 is 4.90 Å². The minimum Gasteiger partial charge on any atom is -0.336 e. The molecule has 36 heavy (non-hydrogen) atoms. The number of halogens is 3. The van der Waals surface area contributed by atoms with Crippen LogP contribution in [0.1, 0.15) is 34.5 Å².